The molecule has 0 radical (unpaired) electrons. The topological polar surface area (TPSA) is 66.4 Å². The van der Waals surface area contributed by atoms with E-state index in [0.717, 1.165) is 0 Å². The molecule has 0 aromatic heterocycles. The monoisotopic (exact) mass is 291 g/mol. The first-order valence-corrected chi connectivity index (χ1v) is 7.60. The molecule has 0 heterocycles. The van der Waals surface area contributed by atoms with Gasteiger partial charge in [0, 0.05) is 11.1 Å². The maximum absolute atomic E-state index is 12.0. The molecule has 1 aromatic rings. The molecule has 0 fully saturated rings. The van der Waals surface area contributed by atoms with E-state index in [1.54, 1.807) is 0 Å². The van der Waals surface area contributed by atoms with Crippen LogP contribution in [0.15, 0.2) is 29.2 Å². The van der Waals surface area contributed by atoms with Crippen LogP contribution in [0.1, 0.15) is 20.3 Å². The van der Waals surface area contributed by atoms with Crippen molar-refractivity contribution in [2.45, 2.75) is 31.2 Å². The van der Waals surface area contributed by atoms with Crippen LogP contribution in [0, 0.1) is 5.92 Å². The average molecular weight is 292 g/mol. The fourth-order valence-corrected chi connectivity index (χ4v) is 3.00. The summed E-state index contributed by atoms with van der Waals surface area (Å²) in [7, 11) is -3.60. The van der Waals surface area contributed by atoms with Crippen LogP contribution < -0.4 is 4.72 Å². The summed E-state index contributed by atoms with van der Waals surface area (Å²) < 4.78 is 26.5. The lowest BCUT2D eigenvalue weighted by Gasteiger charge is -2.18. The van der Waals surface area contributed by atoms with Gasteiger partial charge in [-0.2, -0.15) is 0 Å². The Balaban J connectivity index is 2.83. The molecule has 2 N–H and O–H groups in total. The zero-order chi connectivity index (χ0) is 13.8. The highest BCUT2D eigenvalue weighted by atomic mass is 35.5. The molecule has 0 amide bonds. The first kappa shape index (κ1) is 15.4. The third-order valence-electron chi connectivity index (χ3n) is 2.42. The molecule has 0 saturated heterocycles. The molecule has 0 bridgehead atoms. The van der Waals surface area contributed by atoms with Gasteiger partial charge >= 0.3 is 0 Å². The highest BCUT2D eigenvalue weighted by Gasteiger charge is 2.20. The summed E-state index contributed by atoms with van der Waals surface area (Å²) in [5, 5.41) is 9.66. The van der Waals surface area contributed by atoms with Gasteiger partial charge in [0.15, 0.2) is 0 Å². The summed E-state index contributed by atoms with van der Waals surface area (Å²) in [6.07, 6.45) is 0.587. The summed E-state index contributed by atoms with van der Waals surface area (Å²) in [6.45, 7) is 3.73. The fourth-order valence-electron chi connectivity index (χ4n) is 1.63. The predicted molar refractivity (Wildman–Crippen MR) is 72.1 cm³/mol. The predicted octanol–water partition coefficient (Wildman–Crippen LogP) is 2.03. The van der Waals surface area contributed by atoms with Gasteiger partial charge in [-0.15, -0.1) is 0 Å². The van der Waals surface area contributed by atoms with Gasteiger partial charge in [-0.1, -0.05) is 25.4 Å². The quantitative estimate of drug-likeness (QED) is 0.843. The van der Waals surface area contributed by atoms with Gasteiger partial charge in [0.25, 0.3) is 0 Å². The van der Waals surface area contributed by atoms with Crippen molar-refractivity contribution in [1.29, 1.82) is 0 Å². The van der Waals surface area contributed by atoms with Gasteiger partial charge in [0.1, 0.15) is 0 Å². The summed E-state index contributed by atoms with van der Waals surface area (Å²) in [4.78, 5) is 0.147. The van der Waals surface area contributed by atoms with Crippen LogP contribution in [0.5, 0.6) is 0 Å². The molecule has 6 heteroatoms. The minimum atomic E-state index is -3.60. The van der Waals surface area contributed by atoms with Gasteiger partial charge in [-0.25, -0.2) is 13.1 Å². The maximum atomic E-state index is 12.0. The Kier molecular flexibility index (Phi) is 5.59. The van der Waals surface area contributed by atoms with E-state index in [0.29, 0.717) is 17.4 Å². The van der Waals surface area contributed by atoms with E-state index in [2.05, 4.69) is 4.72 Å². The standard InChI is InChI=1S/C12H18ClNO3S/c1-9(2)7-11(8-15)14-18(16,17)12-5-3-10(13)4-6-12/h3-6,9,11,14-15H,7-8H2,1-2H3/t11-/m1/s1. The Labute approximate surface area is 113 Å². The van der Waals surface area contributed by atoms with Crippen molar-refractivity contribution >= 4 is 21.6 Å². The lowest BCUT2D eigenvalue weighted by atomic mass is 10.1. The van der Waals surface area contributed by atoms with Crippen molar-refractivity contribution in [1.82, 2.24) is 4.72 Å². The fraction of sp³-hybridized carbons (Fsp3) is 0.500. The van der Waals surface area contributed by atoms with Crippen molar-refractivity contribution in [2.75, 3.05) is 6.61 Å². The smallest absolute Gasteiger partial charge is 0.240 e. The average Bonchev–Trinajstić information content (AvgIpc) is 2.27. The number of hydrogen-bond acceptors (Lipinski definition) is 3. The lowest BCUT2D eigenvalue weighted by molar-refractivity contribution is 0.240. The Morgan fingerprint density at radius 1 is 1.28 bits per heavy atom. The molecule has 102 valence electrons. The van der Waals surface area contributed by atoms with Crippen LogP contribution in [0.3, 0.4) is 0 Å². The molecule has 4 nitrogen and oxygen atoms in total. The summed E-state index contributed by atoms with van der Waals surface area (Å²) in [5.74, 6) is 0.301. The molecule has 0 aliphatic carbocycles. The molecule has 0 saturated carbocycles. The van der Waals surface area contributed by atoms with Crippen molar-refractivity contribution < 1.29 is 13.5 Å². The Hall–Kier alpha value is -0.620. The number of halogens is 1. The number of sulfonamides is 1. The lowest BCUT2D eigenvalue weighted by Crippen LogP contribution is -2.38. The highest BCUT2D eigenvalue weighted by Crippen LogP contribution is 2.15. The molecule has 1 rings (SSSR count). The van der Waals surface area contributed by atoms with Crippen LogP contribution >= 0.6 is 11.6 Å². The molecular formula is C12H18ClNO3S. The van der Waals surface area contributed by atoms with E-state index in [-0.39, 0.29) is 11.5 Å². The van der Waals surface area contributed by atoms with E-state index < -0.39 is 16.1 Å². The number of nitrogens with one attached hydrogen (secondary N) is 1. The molecule has 0 aliphatic rings. The van der Waals surface area contributed by atoms with E-state index in [1.807, 2.05) is 13.8 Å². The Morgan fingerprint density at radius 2 is 1.83 bits per heavy atom. The molecule has 1 atom stereocenters. The third kappa shape index (κ3) is 4.57. The third-order valence-corrected chi connectivity index (χ3v) is 4.21. The number of rotatable bonds is 6. The summed E-state index contributed by atoms with van der Waals surface area (Å²) in [6, 6.07) is 5.45. The second kappa shape index (κ2) is 6.52. The normalized spacial score (nSPS) is 13.8. The van der Waals surface area contributed by atoms with Gasteiger partial charge in [-0.3, -0.25) is 0 Å². The number of hydrogen-bond donors (Lipinski definition) is 2. The van der Waals surface area contributed by atoms with Gasteiger partial charge < -0.3 is 5.11 Å². The van der Waals surface area contributed by atoms with Gasteiger partial charge in [-0.05, 0) is 36.6 Å². The zero-order valence-corrected chi connectivity index (χ0v) is 12.0. The van der Waals surface area contributed by atoms with Crippen molar-refractivity contribution in [2.24, 2.45) is 5.92 Å². The Bertz CT molecular complexity index is 471. The van der Waals surface area contributed by atoms with Crippen LogP contribution in [0.25, 0.3) is 0 Å². The van der Waals surface area contributed by atoms with E-state index in [1.165, 1.54) is 24.3 Å². The van der Waals surface area contributed by atoms with Crippen molar-refractivity contribution in [3.05, 3.63) is 29.3 Å². The second-order valence-electron chi connectivity index (χ2n) is 4.58. The minimum absolute atomic E-state index is 0.147. The molecule has 0 unspecified atom stereocenters. The van der Waals surface area contributed by atoms with E-state index in [4.69, 9.17) is 11.6 Å². The van der Waals surface area contributed by atoms with Crippen LogP contribution in [0.2, 0.25) is 5.02 Å². The molecular weight excluding hydrogens is 274 g/mol. The van der Waals surface area contributed by atoms with Crippen LogP contribution in [-0.2, 0) is 10.0 Å². The molecule has 1 aromatic carbocycles. The highest BCUT2D eigenvalue weighted by molar-refractivity contribution is 7.89. The SMILES string of the molecule is CC(C)C[C@H](CO)NS(=O)(=O)c1ccc(Cl)cc1. The Morgan fingerprint density at radius 3 is 2.28 bits per heavy atom. The van der Waals surface area contributed by atoms with E-state index in [9.17, 15) is 13.5 Å². The van der Waals surface area contributed by atoms with Crippen molar-refractivity contribution in [3.8, 4) is 0 Å². The summed E-state index contributed by atoms with van der Waals surface area (Å²) in [5.41, 5.74) is 0. The number of benzene rings is 1. The van der Waals surface area contributed by atoms with Gasteiger partial charge in [0.05, 0.1) is 11.5 Å². The second-order valence-corrected chi connectivity index (χ2v) is 6.73. The van der Waals surface area contributed by atoms with Gasteiger partial charge in [0.2, 0.25) is 10.0 Å². The van der Waals surface area contributed by atoms with E-state index >= 15 is 0 Å². The molecule has 0 aliphatic heterocycles. The number of aliphatic hydroxyl groups is 1. The summed E-state index contributed by atoms with van der Waals surface area (Å²) >= 11 is 5.71. The molecule has 0 spiro atoms. The first-order valence-electron chi connectivity index (χ1n) is 5.74. The molecule has 18 heavy (non-hydrogen) atoms. The largest absolute Gasteiger partial charge is 0.395 e. The van der Waals surface area contributed by atoms with Crippen LogP contribution in [0.4, 0.5) is 0 Å². The first-order chi connectivity index (χ1) is 8.35. The minimum Gasteiger partial charge on any atom is -0.395 e. The van der Waals surface area contributed by atoms with Crippen molar-refractivity contribution in [3.63, 3.8) is 0 Å². The van der Waals surface area contributed by atoms with Crippen LogP contribution in [-0.4, -0.2) is 26.2 Å². The number of aliphatic hydroxyl groups excluding tert-OH is 1. The zero-order valence-electron chi connectivity index (χ0n) is 10.4. The maximum Gasteiger partial charge on any atom is 0.240 e.